The lowest BCUT2D eigenvalue weighted by Gasteiger charge is -2.20. The first-order chi connectivity index (χ1) is 26.5. The number of aliphatic hydroxyl groups is 2. The van der Waals surface area contributed by atoms with Gasteiger partial charge in [-0.3, -0.25) is 9.59 Å². The molecule has 0 aliphatic heterocycles. The number of hydrogen-bond acceptors (Lipinski definition) is 5. The van der Waals surface area contributed by atoms with Gasteiger partial charge in [0.15, 0.2) is 0 Å². The summed E-state index contributed by atoms with van der Waals surface area (Å²) in [6.45, 7) is 4.84. The highest BCUT2D eigenvalue weighted by molar-refractivity contribution is 5.76. The second-order valence-corrected chi connectivity index (χ2v) is 16.5. The molecule has 0 saturated carbocycles. The van der Waals surface area contributed by atoms with Crippen molar-refractivity contribution in [2.24, 2.45) is 0 Å². The first-order valence-corrected chi connectivity index (χ1v) is 24.0. The molecule has 0 fully saturated rings. The highest BCUT2D eigenvalue weighted by Crippen LogP contribution is 2.16. The van der Waals surface area contributed by atoms with Gasteiger partial charge in [-0.15, -0.1) is 0 Å². The largest absolute Gasteiger partial charge is 0.466 e. The molecule has 0 spiro atoms. The molecule has 320 valence electrons. The molecule has 3 N–H and O–H groups in total. The topological polar surface area (TPSA) is 95.9 Å². The van der Waals surface area contributed by atoms with E-state index in [0.717, 1.165) is 57.8 Å². The summed E-state index contributed by atoms with van der Waals surface area (Å²) >= 11 is 0. The van der Waals surface area contributed by atoms with Gasteiger partial charge >= 0.3 is 5.97 Å². The van der Waals surface area contributed by atoms with Gasteiger partial charge in [0.1, 0.15) is 0 Å². The average molecular weight is 764 g/mol. The van der Waals surface area contributed by atoms with Crippen LogP contribution in [0.5, 0.6) is 0 Å². The van der Waals surface area contributed by atoms with Crippen molar-refractivity contribution in [3.63, 3.8) is 0 Å². The predicted molar refractivity (Wildman–Crippen MR) is 232 cm³/mol. The maximum Gasteiger partial charge on any atom is 0.305 e. The molecular weight excluding hydrogens is 671 g/mol. The fraction of sp³-hybridized carbons (Fsp3) is 0.917. The summed E-state index contributed by atoms with van der Waals surface area (Å²) in [5.74, 6) is -0.120. The zero-order valence-corrected chi connectivity index (χ0v) is 36.2. The van der Waals surface area contributed by atoms with Gasteiger partial charge in [-0.05, 0) is 32.1 Å². The number of rotatable bonds is 44. The van der Waals surface area contributed by atoms with Crippen molar-refractivity contribution in [2.45, 2.75) is 270 Å². The van der Waals surface area contributed by atoms with E-state index in [1.807, 2.05) is 6.08 Å². The average Bonchev–Trinajstić information content (AvgIpc) is 3.17. The number of carbonyl (C=O) groups excluding carboxylic acids is 2. The molecule has 6 heteroatoms. The van der Waals surface area contributed by atoms with Crippen LogP contribution in [0.15, 0.2) is 12.2 Å². The van der Waals surface area contributed by atoms with E-state index in [2.05, 4.69) is 19.2 Å². The third-order valence-electron chi connectivity index (χ3n) is 11.1. The molecule has 0 heterocycles. The molecule has 54 heavy (non-hydrogen) atoms. The van der Waals surface area contributed by atoms with E-state index in [1.54, 1.807) is 6.08 Å². The van der Waals surface area contributed by atoms with Crippen LogP contribution in [0.3, 0.4) is 0 Å². The molecule has 1 amide bonds. The summed E-state index contributed by atoms with van der Waals surface area (Å²) < 4.78 is 5.44. The van der Waals surface area contributed by atoms with E-state index in [1.165, 1.54) is 173 Å². The number of ether oxygens (including phenoxy) is 1. The van der Waals surface area contributed by atoms with Gasteiger partial charge in [-0.2, -0.15) is 0 Å². The van der Waals surface area contributed by atoms with Crippen LogP contribution in [0.4, 0.5) is 0 Å². The molecule has 0 aromatic heterocycles. The lowest BCUT2D eigenvalue weighted by atomic mass is 10.0. The third kappa shape index (κ3) is 40.3. The van der Waals surface area contributed by atoms with Crippen LogP contribution in [-0.2, 0) is 14.3 Å². The quantitative estimate of drug-likeness (QED) is 0.0326. The van der Waals surface area contributed by atoms with Crippen molar-refractivity contribution >= 4 is 11.9 Å². The number of hydrogen-bond donors (Lipinski definition) is 3. The second kappa shape index (κ2) is 44.3. The van der Waals surface area contributed by atoms with Crippen LogP contribution < -0.4 is 5.32 Å². The molecule has 6 nitrogen and oxygen atoms in total. The molecule has 0 bridgehead atoms. The molecule has 0 aromatic carbocycles. The van der Waals surface area contributed by atoms with E-state index >= 15 is 0 Å². The number of esters is 1. The van der Waals surface area contributed by atoms with E-state index in [9.17, 15) is 19.8 Å². The molecule has 2 atom stereocenters. The summed E-state index contributed by atoms with van der Waals surface area (Å²) in [5, 5.41) is 23.0. The minimum absolute atomic E-state index is 0.0252. The van der Waals surface area contributed by atoms with Gasteiger partial charge in [0.25, 0.3) is 0 Å². The minimum Gasteiger partial charge on any atom is -0.466 e. The van der Waals surface area contributed by atoms with E-state index in [4.69, 9.17) is 4.74 Å². The Balaban J connectivity index is 3.52. The highest BCUT2D eigenvalue weighted by atomic mass is 16.5. The SMILES string of the molecule is CCCCCCCCCCCCCC/C=C/C(O)C(CO)NC(=O)CCCCCCCCCCCOC(=O)CCCCCCCCCCCCCCCC. The van der Waals surface area contributed by atoms with Gasteiger partial charge in [0.05, 0.1) is 25.4 Å². The van der Waals surface area contributed by atoms with Crippen LogP contribution in [-0.4, -0.2) is 47.4 Å². The van der Waals surface area contributed by atoms with Crippen LogP contribution in [0.1, 0.15) is 258 Å². The highest BCUT2D eigenvalue weighted by Gasteiger charge is 2.18. The van der Waals surface area contributed by atoms with Crippen LogP contribution in [0, 0.1) is 0 Å². The van der Waals surface area contributed by atoms with E-state index < -0.39 is 12.1 Å². The van der Waals surface area contributed by atoms with Gasteiger partial charge < -0.3 is 20.3 Å². The van der Waals surface area contributed by atoms with Crippen molar-refractivity contribution in [1.29, 1.82) is 0 Å². The smallest absolute Gasteiger partial charge is 0.305 e. The minimum atomic E-state index is -0.859. The zero-order chi connectivity index (χ0) is 39.4. The monoisotopic (exact) mass is 764 g/mol. The molecule has 0 aliphatic carbocycles. The molecule has 0 saturated heterocycles. The lowest BCUT2D eigenvalue weighted by Crippen LogP contribution is -2.45. The van der Waals surface area contributed by atoms with E-state index in [0.29, 0.717) is 19.4 Å². The molecule has 0 rings (SSSR count). The van der Waals surface area contributed by atoms with Gasteiger partial charge in [-0.1, -0.05) is 225 Å². The Bertz CT molecular complexity index is 802. The Hall–Kier alpha value is -1.40. The van der Waals surface area contributed by atoms with Crippen molar-refractivity contribution in [2.75, 3.05) is 13.2 Å². The van der Waals surface area contributed by atoms with Crippen LogP contribution in [0.25, 0.3) is 0 Å². The summed E-state index contributed by atoms with van der Waals surface area (Å²) in [6, 6.07) is -0.645. The van der Waals surface area contributed by atoms with Crippen molar-refractivity contribution < 1.29 is 24.5 Å². The molecule has 2 unspecified atom stereocenters. The number of aliphatic hydroxyl groups excluding tert-OH is 2. The molecular formula is C48H93NO5. The first kappa shape index (κ1) is 52.6. The molecule has 0 aliphatic rings. The second-order valence-electron chi connectivity index (χ2n) is 16.5. The fourth-order valence-electron chi connectivity index (χ4n) is 7.34. The van der Waals surface area contributed by atoms with Crippen molar-refractivity contribution in [1.82, 2.24) is 5.32 Å². The number of carbonyl (C=O) groups is 2. The summed E-state index contributed by atoms with van der Waals surface area (Å²) in [7, 11) is 0. The first-order valence-electron chi connectivity index (χ1n) is 24.0. The summed E-state index contributed by atoms with van der Waals surface area (Å²) in [6.07, 6.45) is 49.1. The van der Waals surface area contributed by atoms with Gasteiger partial charge in [0, 0.05) is 12.8 Å². The van der Waals surface area contributed by atoms with Crippen molar-refractivity contribution in [3.05, 3.63) is 12.2 Å². The predicted octanol–water partition coefficient (Wildman–Crippen LogP) is 13.8. The zero-order valence-electron chi connectivity index (χ0n) is 36.2. The number of unbranched alkanes of at least 4 members (excludes halogenated alkanes) is 33. The van der Waals surface area contributed by atoms with Crippen molar-refractivity contribution in [3.8, 4) is 0 Å². The van der Waals surface area contributed by atoms with Crippen LogP contribution in [0.2, 0.25) is 0 Å². The van der Waals surface area contributed by atoms with Crippen LogP contribution >= 0.6 is 0 Å². The molecule has 0 aromatic rings. The Morgan fingerprint density at radius 1 is 0.500 bits per heavy atom. The normalized spacial score (nSPS) is 12.7. The standard InChI is InChI=1S/C48H93NO5/c1-3-5-7-9-11-13-15-17-19-21-24-28-32-36-40-46(51)45(44-50)49-47(52)41-37-33-29-25-23-27-31-35-39-43-54-48(53)42-38-34-30-26-22-20-18-16-14-12-10-8-6-4-2/h36,40,45-46,50-51H,3-35,37-39,41-44H2,1-2H3,(H,49,52)/b40-36+. The lowest BCUT2D eigenvalue weighted by molar-refractivity contribution is -0.143. The number of nitrogens with one attached hydrogen (secondary N) is 1. The van der Waals surface area contributed by atoms with Gasteiger partial charge in [0.2, 0.25) is 5.91 Å². The summed E-state index contributed by atoms with van der Waals surface area (Å²) in [4.78, 5) is 24.4. The summed E-state index contributed by atoms with van der Waals surface area (Å²) in [5.41, 5.74) is 0. The number of allylic oxidation sites excluding steroid dienone is 1. The van der Waals surface area contributed by atoms with E-state index in [-0.39, 0.29) is 18.5 Å². The Kier molecular flexibility index (Phi) is 43.2. The third-order valence-corrected chi connectivity index (χ3v) is 11.1. The maximum atomic E-state index is 12.4. The Morgan fingerprint density at radius 3 is 1.26 bits per heavy atom. The Labute approximate surface area is 336 Å². The molecule has 0 radical (unpaired) electrons. The van der Waals surface area contributed by atoms with Gasteiger partial charge in [-0.25, -0.2) is 0 Å². The fourth-order valence-corrected chi connectivity index (χ4v) is 7.34. The Morgan fingerprint density at radius 2 is 0.852 bits per heavy atom. The maximum absolute atomic E-state index is 12.4. The number of amides is 1.